The molecule has 9 nitrogen and oxygen atoms in total. The summed E-state index contributed by atoms with van der Waals surface area (Å²) in [5.74, 6) is -0.514. The lowest BCUT2D eigenvalue weighted by Crippen LogP contribution is -2.24. The third kappa shape index (κ3) is 3.73. The van der Waals surface area contributed by atoms with E-state index in [0.717, 1.165) is 31.9 Å². The van der Waals surface area contributed by atoms with Crippen LogP contribution in [-0.4, -0.2) is 38.5 Å². The van der Waals surface area contributed by atoms with Gasteiger partial charge in [0.1, 0.15) is 10.5 Å². The van der Waals surface area contributed by atoms with E-state index >= 15 is 0 Å². The van der Waals surface area contributed by atoms with Crippen LogP contribution in [0.4, 0.5) is 0 Å². The lowest BCUT2D eigenvalue weighted by atomic mass is 10.1. The molecule has 0 bridgehead atoms. The summed E-state index contributed by atoms with van der Waals surface area (Å²) in [6, 6.07) is 6.86. The number of fused-ring (bicyclic) bond motifs is 3. The van der Waals surface area contributed by atoms with Gasteiger partial charge >= 0.3 is 0 Å². The molecule has 4 N–H and O–H groups in total. The Balaban J connectivity index is 1.75. The van der Waals surface area contributed by atoms with Crippen molar-refractivity contribution in [1.82, 2.24) is 19.3 Å². The summed E-state index contributed by atoms with van der Waals surface area (Å²) < 4.78 is 4.08. The summed E-state index contributed by atoms with van der Waals surface area (Å²) in [4.78, 5) is 33.3. The molecule has 3 aromatic heterocycles. The van der Waals surface area contributed by atoms with E-state index in [0.29, 0.717) is 17.5 Å². The number of benzene rings is 1. The summed E-state index contributed by atoms with van der Waals surface area (Å²) in [7, 11) is 3.51. The molecule has 0 fully saturated rings. The van der Waals surface area contributed by atoms with E-state index < -0.39 is 5.91 Å². The fourth-order valence-electron chi connectivity index (χ4n) is 3.50. The largest absolute Gasteiger partial charge is 0.404 e. The summed E-state index contributed by atoms with van der Waals surface area (Å²) in [6.45, 7) is 0.231. The molecule has 0 saturated heterocycles. The van der Waals surface area contributed by atoms with Gasteiger partial charge in [0.05, 0.1) is 17.4 Å². The molecule has 3 heterocycles. The second-order valence-corrected chi connectivity index (χ2v) is 8.14. The summed E-state index contributed by atoms with van der Waals surface area (Å²) in [5, 5.41) is 6.00. The van der Waals surface area contributed by atoms with Crippen molar-refractivity contribution in [2.75, 3.05) is 7.05 Å². The van der Waals surface area contributed by atoms with E-state index in [-0.39, 0.29) is 12.1 Å². The van der Waals surface area contributed by atoms with E-state index in [1.165, 1.54) is 22.2 Å². The highest BCUT2D eigenvalue weighted by Gasteiger charge is 2.18. The zero-order chi connectivity index (χ0) is 22.1. The van der Waals surface area contributed by atoms with Crippen LogP contribution in [0, 0.1) is 0 Å². The van der Waals surface area contributed by atoms with Crippen LogP contribution in [0.25, 0.3) is 21.3 Å². The monoisotopic (exact) mass is 435 g/mol. The van der Waals surface area contributed by atoms with Gasteiger partial charge in [0, 0.05) is 37.7 Å². The first kappa shape index (κ1) is 20.5. The van der Waals surface area contributed by atoms with Gasteiger partial charge in [-0.25, -0.2) is 9.67 Å². The number of hydrogen-bond acceptors (Lipinski definition) is 7. The fraction of sp³-hybridized carbons (Fsp3) is 0.190. The van der Waals surface area contributed by atoms with Crippen LogP contribution in [0.1, 0.15) is 20.9 Å². The number of nitrogens with two attached hydrogens (primary N) is 2. The zero-order valence-corrected chi connectivity index (χ0v) is 17.9. The Morgan fingerprint density at radius 3 is 2.87 bits per heavy atom. The normalized spacial score (nSPS) is 12.4. The Kier molecular flexibility index (Phi) is 5.38. The number of aliphatic imine (C=N–C) groups is 1. The minimum Gasteiger partial charge on any atom is -0.404 e. The van der Waals surface area contributed by atoms with Gasteiger partial charge in [0.25, 0.3) is 5.56 Å². The maximum atomic E-state index is 13.2. The Morgan fingerprint density at radius 2 is 2.16 bits per heavy atom. The molecule has 0 atom stereocenters. The van der Waals surface area contributed by atoms with Gasteiger partial charge in [-0.1, -0.05) is 12.1 Å². The Labute approximate surface area is 181 Å². The van der Waals surface area contributed by atoms with Gasteiger partial charge in [-0.2, -0.15) is 5.10 Å². The molecule has 0 spiro atoms. The van der Waals surface area contributed by atoms with Gasteiger partial charge in [-0.3, -0.25) is 14.6 Å². The van der Waals surface area contributed by atoms with Gasteiger partial charge in [-0.05, 0) is 29.5 Å². The summed E-state index contributed by atoms with van der Waals surface area (Å²) >= 11 is 1.51. The number of aromatic nitrogens is 4. The highest BCUT2D eigenvalue weighted by atomic mass is 32.1. The van der Waals surface area contributed by atoms with Crippen molar-refractivity contribution in [3.8, 4) is 0 Å². The average Bonchev–Trinajstić information content (AvgIpc) is 3.28. The smallest absolute Gasteiger partial charge is 0.291 e. The predicted octanol–water partition coefficient (Wildman–Crippen LogP) is 1.58. The molecule has 0 aliphatic heterocycles. The van der Waals surface area contributed by atoms with E-state index in [1.807, 2.05) is 13.1 Å². The minimum absolute atomic E-state index is 0.225. The van der Waals surface area contributed by atoms with Crippen LogP contribution in [0.3, 0.4) is 0 Å². The second kappa shape index (κ2) is 8.15. The molecular formula is C21H21N7O2S. The zero-order valence-electron chi connectivity index (χ0n) is 17.1. The van der Waals surface area contributed by atoms with Crippen molar-refractivity contribution in [1.29, 1.82) is 0 Å². The topological polar surface area (TPSA) is 134 Å². The SMILES string of the molecule is CN=CC(=CN)Cc1nc2c(s1)c1cnn(Cc3cccc(C(N)=O)c3)c(=O)c1n2C. The van der Waals surface area contributed by atoms with Crippen molar-refractivity contribution in [3.05, 3.63) is 68.7 Å². The molecule has 1 amide bonds. The molecule has 1 aromatic carbocycles. The molecule has 158 valence electrons. The lowest BCUT2D eigenvalue weighted by Gasteiger charge is -2.07. The number of rotatable bonds is 6. The predicted molar refractivity (Wildman–Crippen MR) is 123 cm³/mol. The molecule has 0 unspecified atom stereocenters. The number of aryl methyl sites for hydroxylation is 1. The van der Waals surface area contributed by atoms with Crippen LogP contribution in [0.5, 0.6) is 0 Å². The molecular weight excluding hydrogens is 414 g/mol. The molecule has 0 saturated carbocycles. The molecule has 4 aromatic rings. The second-order valence-electron chi connectivity index (χ2n) is 7.06. The van der Waals surface area contributed by atoms with Crippen LogP contribution in [-0.2, 0) is 20.0 Å². The number of primary amides is 1. The standard InChI is InChI=1S/C21H21N7O2S/c1-24-9-13(8-22)7-16-26-20-18(31-16)15-10-25-28(21(30)17(15)27(20)2)11-12-4-3-5-14(6-12)19(23)29/h3-6,8-10H,7,11,22H2,1-2H3,(H2,23,29). The molecule has 4 rings (SSSR count). The number of amides is 1. The maximum Gasteiger partial charge on any atom is 0.291 e. The molecule has 31 heavy (non-hydrogen) atoms. The first-order valence-corrected chi connectivity index (χ1v) is 10.3. The first-order chi connectivity index (χ1) is 14.9. The van der Waals surface area contributed by atoms with E-state index in [4.69, 9.17) is 16.5 Å². The number of carbonyl (C=O) groups excluding carboxylic acids is 1. The number of nitrogens with zero attached hydrogens (tertiary/aromatic N) is 5. The van der Waals surface area contributed by atoms with Crippen molar-refractivity contribution < 1.29 is 4.79 Å². The van der Waals surface area contributed by atoms with Crippen LogP contribution in [0.2, 0.25) is 0 Å². The highest BCUT2D eigenvalue weighted by Crippen LogP contribution is 2.31. The summed E-state index contributed by atoms with van der Waals surface area (Å²) in [6.07, 6.45) is 5.48. The number of thiazole rings is 1. The Hall–Kier alpha value is -3.79. The number of allylic oxidation sites excluding steroid dienone is 1. The summed E-state index contributed by atoms with van der Waals surface area (Å²) in [5.41, 5.74) is 14.1. The van der Waals surface area contributed by atoms with Crippen molar-refractivity contribution >= 4 is 44.7 Å². The number of carbonyl (C=O) groups is 1. The van der Waals surface area contributed by atoms with Gasteiger partial charge in [-0.15, -0.1) is 11.3 Å². The fourth-order valence-corrected chi connectivity index (χ4v) is 4.64. The van der Waals surface area contributed by atoms with Crippen LogP contribution < -0.4 is 17.0 Å². The maximum absolute atomic E-state index is 13.2. The first-order valence-electron chi connectivity index (χ1n) is 9.48. The van der Waals surface area contributed by atoms with Crippen LogP contribution >= 0.6 is 11.3 Å². The lowest BCUT2D eigenvalue weighted by molar-refractivity contribution is 0.1000. The molecule has 0 radical (unpaired) electrons. The van der Waals surface area contributed by atoms with Crippen molar-refractivity contribution in [3.63, 3.8) is 0 Å². The average molecular weight is 436 g/mol. The highest BCUT2D eigenvalue weighted by molar-refractivity contribution is 7.19. The molecule has 0 aliphatic rings. The van der Waals surface area contributed by atoms with Crippen molar-refractivity contribution in [2.24, 2.45) is 23.5 Å². The molecule has 10 heteroatoms. The minimum atomic E-state index is -0.514. The van der Waals surface area contributed by atoms with E-state index in [9.17, 15) is 9.59 Å². The third-order valence-corrected chi connectivity index (χ3v) is 6.06. The van der Waals surface area contributed by atoms with Crippen LogP contribution in [0.15, 0.2) is 52.0 Å². The van der Waals surface area contributed by atoms with E-state index in [2.05, 4.69) is 10.1 Å². The van der Waals surface area contributed by atoms with E-state index in [1.54, 1.807) is 42.2 Å². The van der Waals surface area contributed by atoms with Gasteiger partial charge in [0.15, 0.2) is 5.65 Å². The molecule has 0 aliphatic carbocycles. The third-order valence-electron chi connectivity index (χ3n) is 4.98. The Bertz CT molecular complexity index is 1430. The Morgan fingerprint density at radius 1 is 1.35 bits per heavy atom. The van der Waals surface area contributed by atoms with Gasteiger partial charge in [0.2, 0.25) is 5.91 Å². The number of hydrogen-bond donors (Lipinski definition) is 2. The van der Waals surface area contributed by atoms with Gasteiger partial charge < -0.3 is 16.0 Å². The quantitative estimate of drug-likeness (QED) is 0.444. The van der Waals surface area contributed by atoms with Crippen molar-refractivity contribution in [2.45, 2.75) is 13.0 Å².